The molecule has 1 fully saturated rings. The Morgan fingerprint density at radius 2 is 2.29 bits per heavy atom. The second-order valence-corrected chi connectivity index (χ2v) is 1.87. The van der Waals surface area contributed by atoms with Crippen LogP contribution in [0.25, 0.3) is 0 Å². The zero-order chi connectivity index (χ0) is 5.33. The number of nitrogens with one attached hydrogen (secondary N) is 1. The van der Waals surface area contributed by atoms with Gasteiger partial charge >= 0.3 is 0 Å². The van der Waals surface area contributed by atoms with Crippen molar-refractivity contribution in [3.05, 3.63) is 0 Å². The first-order chi connectivity index (χ1) is 3.27. The molecule has 1 aliphatic rings. The smallest absolute Gasteiger partial charge is 0.140 e. The van der Waals surface area contributed by atoms with Crippen LogP contribution in [0, 0.1) is 0 Å². The quantitative estimate of drug-likeness (QED) is 0.385. The molecule has 0 aromatic carbocycles. The van der Waals surface area contributed by atoms with Gasteiger partial charge in [-0.1, -0.05) is 0 Å². The van der Waals surface area contributed by atoms with Crippen LogP contribution in [-0.4, -0.2) is 29.1 Å². The summed E-state index contributed by atoms with van der Waals surface area (Å²) in [5, 5.41) is 19.9. The van der Waals surface area contributed by atoms with Crippen molar-refractivity contribution < 1.29 is 10.2 Å². The molecule has 3 nitrogen and oxygen atoms in total. The van der Waals surface area contributed by atoms with Crippen LogP contribution in [0.5, 0.6) is 0 Å². The summed E-state index contributed by atoms with van der Waals surface area (Å²) in [6.45, 7) is 0.643. The summed E-state index contributed by atoms with van der Waals surface area (Å²) in [4.78, 5) is 0. The molecule has 0 aromatic heterocycles. The van der Waals surface area contributed by atoms with Crippen LogP contribution in [-0.2, 0) is 0 Å². The van der Waals surface area contributed by atoms with Crippen LogP contribution in [0.4, 0.5) is 0 Å². The van der Waals surface area contributed by atoms with Gasteiger partial charge in [-0.3, -0.25) is 5.32 Å². The van der Waals surface area contributed by atoms with Crippen LogP contribution < -0.4 is 5.32 Å². The number of aliphatic hydroxyl groups excluding tert-OH is 1. The van der Waals surface area contributed by atoms with Gasteiger partial charge in [-0.25, -0.2) is 0 Å². The lowest BCUT2D eigenvalue weighted by molar-refractivity contribution is -0.0922. The summed E-state index contributed by atoms with van der Waals surface area (Å²) in [6.07, 6.45) is 0.670. The van der Waals surface area contributed by atoms with Crippen molar-refractivity contribution >= 4 is 0 Å². The van der Waals surface area contributed by atoms with Crippen LogP contribution in [0.1, 0.15) is 6.42 Å². The predicted octanol–water partition coefficient (Wildman–Crippen LogP) is -1.34. The van der Waals surface area contributed by atoms with Gasteiger partial charge in [0.2, 0.25) is 0 Å². The number of rotatable bonds is 1. The average molecular weight is 103 g/mol. The van der Waals surface area contributed by atoms with E-state index in [1.165, 1.54) is 0 Å². The van der Waals surface area contributed by atoms with Crippen molar-refractivity contribution in [2.24, 2.45) is 0 Å². The van der Waals surface area contributed by atoms with E-state index in [2.05, 4.69) is 5.32 Å². The minimum Gasteiger partial charge on any atom is -0.392 e. The first-order valence-electron chi connectivity index (χ1n) is 2.35. The molecule has 0 saturated carbocycles. The van der Waals surface area contributed by atoms with Gasteiger partial charge in [0.15, 0.2) is 0 Å². The van der Waals surface area contributed by atoms with Gasteiger partial charge in [0, 0.05) is 13.0 Å². The maximum Gasteiger partial charge on any atom is 0.140 e. The molecule has 1 heterocycles. The third-order valence-corrected chi connectivity index (χ3v) is 1.25. The Morgan fingerprint density at radius 3 is 2.29 bits per heavy atom. The van der Waals surface area contributed by atoms with Crippen molar-refractivity contribution in [3.63, 3.8) is 0 Å². The van der Waals surface area contributed by atoms with Gasteiger partial charge in [-0.2, -0.15) is 0 Å². The Kier molecular flexibility index (Phi) is 1.03. The predicted molar refractivity (Wildman–Crippen MR) is 24.7 cm³/mol. The zero-order valence-electron chi connectivity index (χ0n) is 4.02. The van der Waals surface area contributed by atoms with Crippen LogP contribution >= 0.6 is 0 Å². The van der Waals surface area contributed by atoms with E-state index >= 15 is 0 Å². The number of hydrogen-bond donors (Lipinski definition) is 3. The lowest BCUT2D eigenvalue weighted by Crippen LogP contribution is -2.59. The van der Waals surface area contributed by atoms with E-state index in [0.717, 1.165) is 6.54 Å². The SMILES string of the molecule is OCC1(O)CCN1. The van der Waals surface area contributed by atoms with Gasteiger partial charge < -0.3 is 10.2 Å². The molecule has 1 saturated heterocycles. The van der Waals surface area contributed by atoms with Gasteiger partial charge in [-0.15, -0.1) is 0 Å². The van der Waals surface area contributed by atoms with E-state index in [0.29, 0.717) is 6.42 Å². The van der Waals surface area contributed by atoms with E-state index in [9.17, 15) is 0 Å². The minimum absolute atomic E-state index is 0.174. The molecule has 0 aromatic rings. The van der Waals surface area contributed by atoms with Crippen molar-refractivity contribution in [2.45, 2.75) is 12.1 Å². The van der Waals surface area contributed by atoms with Crippen LogP contribution in [0.15, 0.2) is 0 Å². The molecule has 1 unspecified atom stereocenters. The van der Waals surface area contributed by atoms with E-state index < -0.39 is 5.72 Å². The van der Waals surface area contributed by atoms with Gasteiger partial charge in [0.25, 0.3) is 0 Å². The monoisotopic (exact) mass is 103 g/mol. The van der Waals surface area contributed by atoms with Crippen molar-refractivity contribution in [1.29, 1.82) is 0 Å². The highest BCUT2D eigenvalue weighted by Gasteiger charge is 2.32. The van der Waals surface area contributed by atoms with Crippen molar-refractivity contribution in [3.8, 4) is 0 Å². The van der Waals surface area contributed by atoms with Gasteiger partial charge in [0.1, 0.15) is 5.72 Å². The Hall–Kier alpha value is -0.120. The van der Waals surface area contributed by atoms with Crippen molar-refractivity contribution in [2.75, 3.05) is 13.2 Å². The average Bonchev–Trinajstić information content (AvgIpc) is 1.61. The highest BCUT2D eigenvalue weighted by molar-refractivity contribution is 4.84. The van der Waals surface area contributed by atoms with Crippen molar-refractivity contribution in [1.82, 2.24) is 5.32 Å². The topological polar surface area (TPSA) is 52.5 Å². The molecular formula is C4H9NO2. The number of aliphatic hydroxyl groups is 2. The fourth-order valence-electron chi connectivity index (χ4n) is 0.549. The maximum absolute atomic E-state index is 8.86. The summed E-state index contributed by atoms with van der Waals surface area (Å²) in [6, 6.07) is 0. The lowest BCUT2D eigenvalue weighted by atomic mass is 10.0. The highest BCUT2D eigenvalue weighted by atomic mass is 16.3. The Morgan fingerprint density at radius 1 is 1.71 bits per heavy atom. The zero-order valence-corrected chi connectivity index (χ0v) is 4.02. The molecular weight excluding hydrogens is 94.0 g/mol. The molecule has 7 heavy (non-hydrogen) atoms. The summed E-state index contributed by atoms with van der Waals surface area (Å²) in [5.41, 5.74) is -0.931. The summed E-state index contributed by atoms with van der Waals surface area (Å²) in [5.74, 6) is 0. The first-order valence-corrected chi connectivity index (χ1v) is 2.35. The molecule has 1 aliphatic heterocycles. The third-order valence-electron chi connectivity index (χ3n) is 1.25. The first kappa shape index (κ1) is 5.03. The molecule has 42 valence electrons. The molecule has 0 radical (unpaired) electrons. The minimum atomic E-state index is -0.931. The van der Waals surface area contributed by atoms with Gasteiger partial charge in [0.05, 0.1) is 6.61 Å². The second-order valence-electron chi connectivity index (χ2n) is 1.87. The Bertz CT molecular complexity index is 64.6. The van der Waals surface area contributed by atoms with E-state index in [1.807, 2.05) is 0 Å². The van der Waals surface area contributed by atoms with E-state index in [4.69, 9.17) is 10.2 Å². The Balaban J connectivity index is 2.29. The molecule has 1 rings (SSSR count). The molecule has 3 heteroatoms. The van der Waals surface area contributed by atoms with Gasteiger partial charge in [-0.05, 0) is 0 Å². The summed E-state index contributed by atoms with van der Waals surface area (Å²) < 4.78 is 0. The number of hydrogen-bond acceptors (Lipinski definition) is 3. The summed E-state index contributed by atoms with van der Waals surface area (Å²) in [7, 11) is 0. The molecule has 0 bridgehead atoms. The fourth-order valence-corrected chi connectivity index (χ4v) is 0.549. The Labute approximate surface area is 42.0 Å². The molecule has 1 atom stereocenters. The van der Waals surface area contributed by atoms with E-state index in [-0.39, 0.29) is 6.61 Å². The molecule has 0 spiro atoms. The van der Waals surface area contributed by atoms with Crippen LogP contribution in [0.2, 0.25) is 0 Å². The third kappa shape index (κ3) is 0.748. The second kappa shape index (κ2) is 1.43. The molecule has 0 amide bonds. The normalized spacial score (nSPS) is 40.3. The molecule has 0 aliphatic carbocycles. The maximum atomic E-state index is 8.86. The summed E-state index contributed by atoms with van der Waals surface area (Å²) >= 11 is 0. The van der Waals surface area contributed by atoms with E-state index in [1.54, 1.807) is 0 Å². The largest absolute Gasteiger partial charge is 0.392 e. The lowest BCUT2D eigenvalue weighted by Gasteiger charge is -2.35. The highest BCUT2D eigenvalue weighted by Crippen LogP contribution is 2.11. The fraction of sp³-hybridized carbons (Fsp3) is 1.00. The van der Waals surface area contributed by atoms with Crippen LogP contribution in [0.3, 0.4) is 0 Å². The standard InChI is InChI=1S/C4H9NO2/c6-3-4(7)1-2-5-4/h5-7H,1-3H2. The molecule has 3 N–H and O–H groups in total.